The Morgan fingerprint density at radius 2 is 1.82 bits per heavy atom. The fourth-order valence-corrected chi connectivity index (χ4v) is 3.12. The van der Waals surface area contributed by atoms with Gasteiger partial charge in [-0.3, -0.25) is 9.98 Å². The van der Waals surface area contributed by atoms with Gasteiger partial charge in [0.1, 0.15) is 5.60 Å². The number of aryl methyl sites for hydroxylation is 1. The van der Waals surface area contributed by atoms with E-state index in [1.54, 1.807) is 13.2 Å². The molecule has 28 heavy (non-hydrogen) atoms. The van der Waals surface area contributed by atoms with Gasteiger partial charge in [0, 0.05) is 25.3 Å². The first-order valence-corrected chi connectivity index (χ1v) is 9.64. The van der Waals surface area contributed by atoms with Crippen LogP contribution in [0.5, 0.6) is 0 Å². The fourth-order valence-electron chi connectivity index (χ4n) is 3.12. The Labute approximate surface area is 185 Å². The molecule has 7 nitrogen and oxygen atoms in total. The third-order valence-corrected chi connectivity index (χ3v) is 4.55. The first-order valence-electron chi connectivity index (χ1n) is 9.64. The molecule has 8 heteroatoms. The van der Waals surface area contributed by atoms with Crippen molar-refractivity contribution in [3.63, 3.8) is 0 Å². The molecule has 1 aromatic rings. The molecule has 1 fully saturated rings. The highest BCUT2D eigenvalue weighted by Gasteiger charge is 2.25. The zero-order chi connectivity index (χ0) is 19.9. The Morgan fingerprint density at radius 3 is 2.36 bits per heavy atom. The average Bonchev–Trinajstić information content (AvgIpc) is 2.59. The molecule has 0 atom stereocenters. The summed E-state index contributed by atoms with van der Waals surface area (Å²) in [7, 11) is 1.77. The molecular weight excluding hydrogens is 469 g/mol. The molecule has 0 saturated heterocycles. The summed E-state index contributed by atoms with van der Waals surface area (Å²) in [5, 5.41) is 9.78. The maximum atomic E-state index is 11.9. The lowest BCUT2D eigenvalue weighted by atomic mass is 9.91. The number of halogens is 1. The van der Waals surface area contributed by atoms with Gasteiger partial charge in [-0.1, -0.05) is 6.07 Å². The number of guanidine groups is 1. The zero-order valence-electron chi connectivity index (χ0n) is 17.5. The Bertz CT molecular complexity index is 652. The summed E-state index contributed by atoms with van der Waals surface area (Å²) in [5.74, 6) is 0.781. The van der Waals surface area contributed by atoms with Crippen molar-refractivity contribution in [3.05, 3.63) is 29.6 Å². The van der Waals surface area contributed by atoms with E-state index >= 15 is 0 Å². The smallest absolute Gasteiger partial charge is 0.407 e. The van der Waals surface area contributed by atoms with E-state index in [0.717, 1.165) is 42.9 Å². The number of carbonyl (C=O) groups is 1. The monoisotopic (exact) mass is 503 g/mol. The number of aromatic nitrogens is 1. The molecule has 0 aromatic carbocycles. The van der Waals surface area contributed by atoms with Crippen LogP contribution in [-0.4, -0.2) is 41.8 Å². The minimum atomic E-state index is -0.465. The summed E-state index contributed by atoms with van der Waals surface area (Å²) in [6.07, 6.45) is 5.27. The third-order valence-electron chi connectivity index (χ3n) is 4.55. The first-order chi connectivity index (χ1) is 12.8. The fraction of sp³-hybridized carbons (Fsp3) is 0.650. The van der Waals surface area contributed by atoms with Crippen LogP contribution < -0.4 is 16.0 Å². The number of carbonyl (C=O) groups excluding carboxylic acids is 1. The number of ether oxygens (including phenoxy) is 1. The van der Waals surface area contributed by atoms with E-state index in [1.807, 2.05) is 26.8 Å². The van der Waals surface area contributed by atoms with Crippen LogP contribution in [0.4, 0.5) is 4.79 Å². The van der Waals surface area contributed by atoms with Gasteiger partial charge in [0.15, 0.2) is 5.96 Å². The predicted octanol–water partition coefficient (Wildman–Crippen LogP) is 3.51. The standard InChI is InChI=1S/C20H33N5O2.HI/c1-14-7-6-12-22-17(14)13-23-18(21-5)24-15-8-10-16(11-9-15)25-19(26)27-20(2,3)4;/h6-7,12,15-16H,8-11,13H2,1-5H3,(H,25,26)(H2,21,23,24);1H. The molecule has 1 aliphatic carbocycles. The van der Waals surface area contributed by atoms with Gasteiger partial charge in [0.2, 0.25) is 0 Å². The van der Waals surface area contributed by atoms with Gasteiger partial charge in [-0.25, -0.2) is 4.79 Å². The van der Waals surface area contributed by atoms with Crippen LogP contribution in [0.1, 0.15) is 57.7 Å². The van der Waals surface area contributed by atoms with E-state index in [-0.39, 0.29) is 36.1 Å². The third kappa shape index (κ3) is 8.62. The normalized spacial score (nSPS) is 20.0. The van der Waals surface area contributed by atoms with Crippen LogP contribution in [-0.2, 0) is 11.3 Å². The number of aliphatic imine (C=N–C) groups is 1. The van der Waals surface area contributed by atoms with Gasteiger partial charge in [-0.15, -0.1) is 24.0 Å². The molecule has 0 unspecified atom stereocenters. The lowest BCUT2D eigenvalue weighted by molar-refractivity contribution is 0.0490. The van der Waals surface area contributed by atoms with E-state index in [0.29, 0.717) is 12.6 Å². The number of nitrogens with one attached hydrogen (secondary N) is 3. The minimum Gasteiger partial charge on any atom is -0.444 e. The molecule has 2 rings (SSSR count). The van der Waals surface area contributed by atoms with E-state index in [1.165, 1.54) is 0 Å². The predicted molar refractivity (Wildman–Crippen MR) is 123 cm³/mol. The van der Waals surface area contributed by atoms with Crippen molar-refractivity contribution >= 4 is 36.0 Å². The number of amides is 1. The summed E-state index contributed by atoms with van der Waals surface area (Å²) in [5.41, 5.74) is 1.72. The highest BCUT2D eigenvalue weighted by atomic mass is 127. The molecule has 1 aromatic heterocycles. The molecule has 0 bridgehead atoms. The Morgan fingerprint density at radius 1 is 1.21 bits per heavy atom. The van der Waals surface area contributed by atoms with Crippen LogP contribution in [0.25, 0.3) is 0 Å². The first kappa shape index (κ1) is 24.5. The lowest BCUT2D eigenvalue weighted by Gasteiger charge is -2.31. The second-order valence-corrected chi connectivity index (χ2v) is 8.03. The van der Waals surface area contributed by atoms with Crippen LogP contribution >= 0.6 is 24.0 Å². The number of hydrogen-bond acceptors (Lipinski definition) is 4. The van der Waals surface area contributed by atoms with Gasteiger partial charge in [-0.2, -0.15) is 0 Å². The van der Waals surface area contributed by atoms with Crippen molar-refractivity contribution in [2.75, 3.05) is 7.05 Å². The lowest BCUT2D eigenvalue weighted by Crippen LogP contribution is -2.48. The minimum absolute atomic E-state index is 0. The summed E-state index contributed by atoms with van der Waals surface area (Å²) >= 11 is 0. The summed E-state index contributed by atoms with van der Waals surface area (Å²) in [4.78, 5) is 20.6. The van der Waals surface area contributed by atoms with Crippen molar-refractivity contribution < 1.29 is 9.53 Å². The van der Waals surface area contributed by atoms with E-state index in [2.05, 4.69) is 38.9 Å². The maximum absolute atomic E-state index is 11.9. The molecular formula is C20H34IN5O2. The van der Waals surface area contributed by atoms with E-state index < -0.39 is 5.60 Å². The summed E-state index contributed by atoms with van der Waals surface area (Å²) in [6, 6.07) is 4.51. The molecule has 3 N–H and O–H groups in total. The van der Waals surface area contributed by atoms with Crippen LogP contribution in [0, 0.1) is 6.92 Å². The highest BCUT2D eigenvalue weighted by Crippen LogP contribution is 2.19. The quantitative estimate of drug-likeness (QED) is 0.333. The number of rotatable bonds is 4. The molecule has 1 saturated carbocycles. The van der Waals surface area contributed by atoms with Crippen molar-refractivity contribution in [1.82, 2.24) is 20.9 Å². The van der Waals surface area contributed by atoms with Gasteiger partial charge in [0.05, 0.1) is 12.2 Å². The number of alkyl carbamates (subject to hydrolysis) is 1. The molecule has 158 valence electrons. The molecule has 1 amide bonds. The molecule has 0 radical (unpaired) electrons. The summed E-state index contributed by atoms with van der Waals surface area (Å²) < 4.78 is 5.33. The van der Waals surface area contributed by atoms with Gasteiger partial charge in [0.25, 0.3) is 0 Å². The number of hydrogen-bond donors (Lipinski definition) is 3. The van der Waals surface area contributed by atoms with Gasteiger partial charge >= 0.3 is 6.09 Å². The van der Waals surface area contributed by atoms with Crippen molar-refractivity contribution in [3.8, 4) is 0 Å². The second-order valence-electron chi connectivity index (χ2n) is 8.03. The molecule has 1 aliphatic rings. The Balaban J connectivity index is 0.00000392. The second kappa shape index (κ2) is 11.4. The van der Waals surface area contributed by atoms with Crippen molar-refractivity contribution in [2.45, 2.75) is 77.6 Å². The van der Waals surface area contributed by atoms with Crippen LogP contribution in [0.15, 0.2) is 23.3 Å². The Kier molecular flexibility index (Phi) is 9.98. The highest BCUT2D eigenvalue weighted by molar-refractivity contribution is 14.0. The summed E-state index contributed by atoms with van der Waals surface area (Å²) in [6.45, 7) is 8.32. The topological polar surface area (TPSA) is 87.6 Å². The largest absolute Gasteiger partial charge is 0.444 e. The zero-order valence-corrected chi connectivity index (χ0v) is 19.9. The number of nitrogens with zero attached hydrogens (tertiary/aromatic N) is 2. The van der Waals surface area contributed by atoms with Gasteiger partial charge < -0.3 is 20.7 Å². The van der Waals surface area contributed by atoms with E-state index in [9.17, 15) is 4.79 Å². The van der Waals surface area contributed by atoms with Crippen LogP contribution in [0.2, 0.25) is 0 Å². The molecule has 1 heterocycles. The van der Waals surface area contributed by atoms with E-state index in [4.69, 9.17) is 4.74 Å². The molecule has 0 aliphatic heterocycles. The maximum Gasteiger partial charge on any atom is 0.407 e. The SMILES string of the molecule is CN=C(NCc1ncccc1C)NC1CCC(NC(=O)OC(C)(C)C)CC1.I. The van der Waals surface area contributed by atoms with Gasteiger partial charge in [-0.05, 0) is 65.0 Å². The number of pyridine rings is 1. The van der Waals surface area contributed by atoms with Crippen molar-refractivity contribution in [1.29, 1.82) is 0 Å². The van der Waals surface area contributed by atoms with Crippen molar-refractivity contribution in [2.24, 2.45) is 4.99 Å². The molecule has 0 spiro atoms. The average molecular weight is 503 g/mol. The van der Waals surface area contributed by atoms with Crippen LogP contribution in [0.3, 0.4) is 0 Å². The Hall–Kier alpha value is -1.58.